The summed E-state index contributed by atoms with van der Waals surface area (Å²) in [5.41, 5.74) is 1.37. The van der Waals surface area contributed by atoms with E-state index in [1.54, 1.807) is 33.1 Å². The molecule has 8 nitrogen and oxygen atoms in total. The van der Waals surface area contributed by atoms with Crippen molar-refractivity contribution in [3.8, 4) is 5.75 Å². The van der Waals surface area contributed by atoms with E-state index >= 15 is 0 Å². The molecule has 0 aliphatic rings. The number of amides is 1. The highest BCUT2D eigenvalue weighted by atomic mass is 16.5. The highest BCUT2D eigenvalue weighted by Gasteiger charge is 2.11. The lowest BCUT2D eigenvalue weighted by Crippen LogP contribution is -2.27. The van der Waals surface area contributed by atoms with Crippen LogP contribution in [-0.2, 0) is 6.42 Å². The minimum absolute atomic E-state index is 0.261. The zero-order valence-electron chi connectivity index (χ0n) is 15.4. The van der Waals surface area contributed by atoms with E-state index in [2.05, 4.69) is 25.8 Å². The molecule has 3 aromatic rings. The summed E-state index contributed by atoms with van der Waals surface area (Å²) in [6.45, 7) is 4.01. The fourth-order valence-corrected chi connectivity index (χ4v) is 2.54. The molecule has 140 valence electrons. The van der Waals surface area contributed by atoms with Gasteiger partial charge in [0.1, 0.15) is 28.8 Å². The number of nitrogens with one attached hydrogen (secondary N) is 2. The fourth-order valence-electron chi connectivity index (χ4n) is 2.54. The topological polar surface area (TPSA) is 102 Å². The first-order chi connectivity index (χ1) is 13.0. The van der Waals surface area contributed by atoms with Crippen molar-refractivity contribution in [1.29, 1.82) is 0 Å². The number of aryl methyl sites for hydroxylation is 2. The molecule has 1 aromatic carbocycles. The number of carbonyl (C=O) groups excluding carboxylic acids is 1. The number of rotatable bonds is 7. The number of hydrogen-bond acceptors (Lipinski definition) is 7. The van der Waals surface area contributed by atoms with Crippen LogP contribution in [0.1, 0.15) is 27.6 Å². The molecule has 0 saturated heterocycles. The van der Waals surface area contributed by atoms with Crippen molar-refractivity contribution in [1.82, 2.24) is 20.4 Å². The number of nitrogens with zero attached hydrogens (tertiary/aromatic N) is 3. The lowest BCUT2D eigenvalue weighted by atomic mass is 10.1. The molecule has 27 heavy (non-hydrogen) atoms. The second-order valence-electron chi connectivity index (χ2n) is 5.99. The number of benzene rings is 1. The van der Waals surface area contributed by atoms with Gasteiger partial charge in [0.05, 0.1) is 7.11 Å². The summed E-state index contributed by atoms with van der Waals surface area (Å²) < 4.78 is 10.2. The van der Waals surface area contributed by atoms with Crippen molar-refractivity contribution < 1.29 is 14.1 Å². The zero-order chi connectivity index (χ0) is 19.2. The molecule has 0 aliphatic heterocycles. The van der Waals surface area contributed by atoms with Crippen LogP contribution in [0.25, 0.3) is 0 Å². The number of ether oxygens (including phenoxy) is 1. The summed E-state index contributed by atoms with van der Waals surface area (Å²) in [4.78, 5) is 20.9. The lowest BCUT2D eigenvalue weighted by Gasteiger charge is -2.08. The van der Waals surface area contributed by atoms with E-state index in [1.807, 2.05) is 24.3 Å². The highest BCUT2D eigenvalue weighted by Crippen LogP contribution is 2.15. The van der Waals surface area contributed by atoms with Crippen molar-refractivity contribution in [2.75, 3.05) is 19.0 Å². The highest BCUT2D eigenvalue weighted by molar-refractivity contribution is 5.93. The maximum atomic E-state index is 12.4. The van der Waals surface area contributed by atoms with E-state index in [4.69, 9.17) is 9.26 Å². The molecule has 0 radical (unpaired) electrons. The van der Waals surface area contributed by atoms with Gasteiger partial charge in [-0.05, 0) is 38.0 Å². The molecule has 0 unspecified atom stereocenters. The Kier molecular flexibility index (Phi) is 5.65. The number of hydrogen-bond donors (Lipinski definition) is 2. The van der Waals surface area contributed by atoms with Crippen molar-refractivity contribution in [3.05, 3.63) is 59.2 Å². The second-order valence-corrected chi connectivity index (χ2v) is 5.99. The zero-order valence-corrected chi connectivity index (χ0v) is 15.4. The van der Waals surface area contributed by atoms with Gasteiger partial charge in [-0.2, -0.15) is 0 Å². The normalized spacial score (nSPS) is 10.5. The van der Waals surface area contributed by atoms with Gasteiger partial charge in [0.25, 0.3) is 5.91 Å². The SMILES string of the molecule is COc1cccc(CCNC(=O)c2cc(Nc3cc(C)on3)nc(C)n2)c1. The Balaban J connectivity index is 1.62. The van der Waals surface area contributed by atoms with E-state index in [1.165, 1.54) is 0 Å². The van der Waals surface area contributed by atoms with E-state index in [9.17, 15) is 4.79 Å². The van der Waals surface area contributed by atoms with Crippen LogP contribution in [0, 0.1) is 13.8 Å². The Labute approximate surface area is 157 Å². The molecule has 0 spiro atoms. The van der Waals surface area contributed by atoms with Crippen LogP contribution in [0.15, 0.2) is 40.9 Å². The first-order valence-electron chi connectivity index (χ1n) is 8.50. The number of anilines is 2. The first-order valence-corrected chi connectivity index (χ1v) is 8.50. The van der Waals surface area contributed by atoms with Crippen LogP contribution in [-0.4, -0.2) is 34.7 Å². The first kappa shape index (κ1) is 18.4. The Bertz CT molecular complexity index is 939. The van der Waals surface area contributed by atoms with Crippen molar-refractivity contribution in [2.45, 2.75) is 20.3 Å². The lowest BCUT2D eigenvalue weighted by molar-refractivity contribution is 0.0949. The average Bonchev–Trinajstić information content (AvgIpc) is 3.06. The van der Waals surface area contributed by atoms with Gasteiger partial charge in [0, 0.05) is 18.7 Å². The molecular formula is C19H21N5O3. The average molecular weight is 367 g/mol. The van der Waals surface area contributed by atoms with Crippen LogP contribution in [0.2, 0.25) is 0 Å². The van der Waals surface area contributed by atoms with Crippen LogP contribution < -0.4 is 15.4 Å². The van der Waals surface area contributed by atoms with Crippen molar-refractivity contribution in [2.24, 2.45) is 0 Å². The quantitative estimate of drug-likeness (QED) is 0.662. The summed E-state index contributed by atoms with van der Waals surface area (Å²) in [6.07, 6.45) is 0.691. The monoisotopic (exact) mass is 367 g/mol. The van der Waals surface area contributed by atoms with Gasteiger partial charge >= 0.3 is 0 Å². The number of aromatic nitrogens is 3. The molecule has 0 atom stereocenters. The Hall–Kier alpha value is -3.42. The summed E-state index contributed by atoms with van der Waals surface area (Å²) in [5, 5.41) is 9.74. The Morgan fingerprint density at radius 2 is 2.00 bits per heavy atom. The molecule has 1 amide bonds. The molecular weight excluding hydrogens is 346 g/mol. The number of carbonyl (C=O) groups is 1. The third-order valence-corrected chi connectivity index (χ3v) is 3.79. The predicted octanol–water partition coefficient (Wildman–Crippen LogP) is 2.81. The summed E-state index contributed by atoms with van der Waals surface area (Å²) in [7, 11) is 1.63. The van der Waals surface area contributed by atoms with E-state index in [0.29, 0.717) is 36.2 Å². The molecule has 2 aromatic heterocycles. The molecule has 3 rings (SSSR count). The summed E-state index contributed by atoms with van der Waals surface area (Å²) >= 11 is 0. The third kappa shape index (κ3) is 5.04. The molecule has 0 saturated carbocycles. The van der Waals surface area contributed by atoms with Gasteiger partial charge in [-0.1, -0.05) is 17.3 Å². The van der Waals surface area contributed by atoms with Gasteiger partial charge in [0.2, 0.25) is 0 Å². The molecule has 0 bridgehead atoms. The van der Waals surface area contributed by atoms with Gasteiger partial charge in [0.15, 0.2) is 5.82 Å². The molecule has 0 fully saturated rings. The van der Waals surface area contributed by atoms with E-state index in [-0.39, 0.29) is 11.6 Å². The van der Waals surface area contributed by atoms with Gasteiger partial charge in [-0.3, -0.25) is 4.79 Å². The maximum absolute atomic E-state index is 12.4. The van der Waals surface area contributed by atoms with E-state index in [0.717, 1.165) is 11.3 Å². The Morgan fingerprint density at radius 1 is 1.15 bits per heavy atom. The van der Waals surface area contributed by atoms with Crippen LogP contribution >= 0.6 is 0 Å². The van der Waals surface area contributed by atoms with Crippen LogP contribution in [0.3, 0.4) is 0 Å². The molecule has 8 heteroatoms. The predicted molar refractivity (Wildman–Crippen MR) is 100 cm³/mol. The van der Waals surface area contributed by atoms with Crippen molar-refractivity contribution >= 4 is 17.5 Å². The third-order valence-electron chi connectivity index (χ3n) is 3.79. The number of methoxy groups -OCH3 is 1. The van der Waals surface area contributed by atoms with E-state index < -0.39 is 0 Å². The minimum atomic E-state index is -0.261. The van der Waals surface area contributed by atoms with Crippen molar-refractivity contribution in [3.63, 3.8) is 0 Å². The maximum Gasteiger partial charge on any atom is 0.270 e. The molecule has 0 aliphatic carbocycles. The standard InChI is InChI=1S/C19H21N5O3/c1-12-9-18(24-27-12)23-17-11-16(21-13(2)22-17)19(25)20-8-7-14-5-4-6-15(10-14)26-3/h4-6,9-11H,7-8H2,1-3H3,(H,20,25)(H,21,22,23,24). The smallest absolute Gasteiger partial charge is 0.270 e. The van der Waals surface area contributed by atoms with Crippen LogP contribution in [0.4, 0.5) is 11.6 Å². The Morgan fingerprint density at radius 3 is 2.74 bits per heavy atom. The van der Waals surface area contributed by atoms with Gasteiger partial charge in [-0.15, -0.1) is 0 Å². The molecule has 2 heterocycles. The summed E-state index contributed by atoms with van der Waals surface area (Å²) in [5.74, 6) is 2.70. The fraction of sp³-hybridized carbons (Fsp3) is 0.263. The van der Waals surface area contributed by atoms with Gasteiger partial charge < -0.3 is 19.9 Å². The molecule has 2 N–H and O–H groups in total. The summed E-state index contributed by atoms with van der Waals surface area (Å²) in [6, 6.07) is 11.1. The second kappa shape index (κ2) is 8.31. The largest absolute Gasteiger partial charge is 0.497 e. The minimum Gasteiger partial charge on any atom is -0.497 e. The van der Waals surface area contributed by atoms with Gasteiger partial charge in [-0.25, -0.2) is 9.97 Å². The van der Waals surface area contributed by atoms with Crippen LogP contribution in [0.5, 0.6) is 5.75 Å².